The van der Waals surface area contributed by atoms with E-state index in [1.807, 2.05) is 35.2 Å². The van der Waals surface area contributed by atoms with Gasteiger partial charge >= 0.3 is 0 Å². The number of hydrogen-bond donors (Lipinski definition) is 2. The minimum atomic E-state index is 0.0704. The fraction of sp³-hybridized carbons (Fsp3) is 0.316. The van der Waals surface area contributed by atoms with Crippen molar-refractivity contribution in [2.24, 2.45) is 0 Å². The van der Waals surface area contributed by atoms with Gasteiger partial charge in [-0.15, -0.1) is 0 Å². The number of aliphatic hydroxyl groups is 1. The Balaban J connectivity index is 2.02. The molecular weight excluding hydrogens is 304 g/mol. The molecule has 2 N–H and O–H groups in total. The van der Waals surface area contributed by atoms with Crippen molar-refractivity contribution in [3.8, 4) is 0 Å². The van der Waals surface area contributed by atoms with Gasteiger partial charge in [0.1, 0.15) is 0 Å². The van der Waals surface area contributed by atoms with Crippen molar-refractivity contribution in [2.45, 2.75) is 26.3 Å². The fourth-order valence-corrected chi connectivity index (χ4v) is 2.60. The molecule has 2 aromatic carbocycles. The van der Waals surface area contributed by atoms with E-state index in [1.54, 1.807) is 0 Å². The highest BCUT2D eigenvalue weighted by molar-refractivity contribution is 7.80. The molecule has 0 fully saturated rings. The van der Waals surface area contributed by atoms with Crippen LogP contribution in [-0.4, -0.2) is 28.3 Å². The van der Waals surface area contributed by atoms with Crippen LogP contribution in [0, 0.1) is 0 Å². The molecule has 0 heterocycles. The van der Waals surface area contributed by atoms with Crippen LogP contribution in [0.5, 0.6) is 0 Å². The van der Waals surface area contributed by atoms with Crippen molar-refractivity contribution >= 4 is 23.0 Å². The second-order valence-electron chi connectivity index (χ2n) is 5.84. The summed E-state index contributed by atoms with van der Waals surface area (Å²) in [5, 5.41) is 13.2. The normalized spacial score (nSPS) is 10.6. The molecule has 0 aliphatic carbocycles. The second kappa shape index (κ2) is 8.65. The molecule has 2 rings (SSSR count). The lowest BCUT2D eigenvalue weighted by Crippen LogP contribution is -2.36. The Labute approximate surface area is 144 Å². The van der Waals surface area contributed by atoms with Crippen molar-refractivity contribution in [3.63, 3.8) is 0 Å². The molecule has 4 heteroatoms. The van der Waals surface area contributed by atoms with E-state index in [1.165, 1.54) is 11.1 Å². The number of anilines is 1. The molecule has 122 valence electrons. The molecule has 2 aromatic rings. The van der Waals surface area contributed by atoms with Crippen LogP contribution in [0.15, 0.2) is 54.6 Å². The lowest BCUT2D eigenvalue weighted by molar-refractivity contribution is 0.248. The number of hydrogen-bond acceptors (Lipinski definition) is 2. The number of nitrogens with one attached hydrogen (secondary N) is 1. The van der Waals surface area contributed by atoms with Gasteiger partial charge in [0.15, 0.2) is 5.11 Å². The van der Waals surface area contributed by atoms with Gasteiger partial charge in [-0.05, 0) is 41.4 Å². The molecule has 0 spiro atoms. The molecule has 0 unspecified atom stereocenters. The fourth-order valence-electron chi connectivity index (χ4n) is 2.33. The van der Waals surface area contributed by atoms with Gasteiger partial charge in [0, 0.05) is 18.8 Å². The first-order valence-corrected chi connectivity index (χ1v) is 8.31. The topological polar surface area (TPSA) is 35.5 Å². The van der Waals surface area contributed by atoms with Crippen LogP contribution in [0.1, 0.15) is 30.9 Å². The Kier molecular flexibility index (Phi) is 6.56. The molecule has 0 amide bonds. The van der Waals surface area contributed by atoms with E-state index in [4.69, 9.17) is 12.2 Å². The summed E-state index contributed by atoms with van der Waals surface area (Å²) in [4.78, 5) is 1.97. The van der Waals surface area contributed by atoms with Gasteiger partial charge < -0.3 is 15.3 Å². The van der Waals surface area contributed by atoms with Gasteiger partial charge in [-0.1, -0.05) is 56.3 Å². The molecule has 0 saturated heterocycles. The summed E-state index contributed by atoms with van der Waals surface area (Å²) >= 11 is 5.51. The summed E-state index contributed by atoms with van der Waals surface area (Å²) in [5.41, 5.74) is 3.44. The van der Waals surface area contributed by atoms with Gasteiger partial charge in [-0.2, -0.15) is 0 Å². The highest BCUT2D eigenvalue weighted by atomic mass is 32.1. The van der Waals surface area contributed by atoms with Crippen LogP contribution in [0.2, 0.25) is 0 Å². The Bertz CT molecular complexity index is 611. The lowest BCUT2D eigenvalue weighted by atomic mass is 10.0. The molecule has 0 aliphatic heterocycles. The predicted molar refractivity (Wildman–Crippen MR) is 101 cm³/mol. The maximum Gasteiger partial charge on any atom is 0.173 e. The number of rotatable bonds is 6. The number of aliphatic hydroxyl groups excluding tert-OH is 1. The molecule has 0 atom stereocenters. The quantitative estimate of drug-likeness (QED) is 0.786. The van der Waals surface area contributed by atoms with Gasteiger partial charge in [-0.3, -0.25) is 0 Å². The van der Waals surface area contributed by atoms with E-state index in [2.05, 4.69) is 43.4 Å². The maximum absolute atomic E-state index is 9.30. The molecular formula is C19H24N2OS. The third-order valence-electron chi connectivity index (χ3n) is 3.70. The van der Waals surface area contributed by atoms with Crippen LogP contribution in [0.4, 0.5) is 5.69 Å². The Hall–Kier alpha value is -1.91. The van der Waals surface area contributed by atoms with Crippen LogP contribution < -0.4 is 5.32 Å². The van der Waals surface area contributed by atoms with E-state index in [0.717, 1.165) is 5.69 Å². The Morgan fingerprint density at radius 3 is 2.30 bits per heavy atom. The van der Waals surface area contributed by atoms with Crippen LogP contribution >= 0.6 is 12.2 Å². The third-order valence-corrected chi connectivity index (χ3v) is 4.06. The summed E-state index contributed by atoms with van der Waals surface area (Å²) in [7, 11) is 0. The van der Waals surface area contributed by atoms with E-state index < -0.39 is 0 Å². The monoisotopic (exact) mass is 328 g/mol. The number of thiocarbonyl (C=S) groups is 1. The van der Waals surface area contributed by atoms with Gasteiger partial charge in [0.25, 0.3) is 0 Å². The molecule has 0 radical (unpaired) electrons. The summed E-state index contributed by atoms with van der Waals surface area (Å²) < 4.78 is 0. The molecule has 23 heavy (non-hydrogen) atoms. The van der Waals surface area contributed by atoms with Gasteiger partial charge in [0.05, 0.1) is 6.61 Å². The van der Waals surface area contributed by atoms with Crippen molar-refractivity contribution in [3.05, 3.63) is 65.7 Å². The summed E-state index contributed by atoms with van der Waals surface area (Å²) in [6.07, 6.45) is 0. The zero-order chi connectivity index (χ0) is 16.7. The van der Waals surface area contributed by atoms with Gasteiger partial charge in [-0.25, -0.2) is 0 Å². The molecule has 0 saturated carbocycles. The first-order chi connectivity index (χ1) is 11.1. The lowest BCUT2D eigenvalue weighted by Gasteiger charge is -2.25. The average Bonchev–Trinajstić information content (AvgIpc) is 2.56. The number of nitrogens with zero attached hydrogens (tertiary/aromatic N) is 1. The van der Waals surface area contributed by atoms with Crippen molar-refractivity contribution < 1.29 is 5.11 Å². The summed E-state index contributed by atoms with van der Waals surface area (Å²) in [5.74, 6) is 0.514. The Morgan fingerprint density at radius 2 is 1.74 bits per heavy atom. The van der Waals surface area contributed by atoms with E-state index in [0.29, 0.717) is 24.1 Å². The largest absolute Gasteiger partial charge is 0.395 e. The molecule has 3 nitrogen and oxygen atoms in total. The zero-order valence-electron chi connectivity index (χ0n) is 13.7. The first kappa shape index (κ1) is 17.4. The van der Waals surface area contributed by atoms with Crippen molar-refractivity contribution in [2.75, 3.05) is 18.5 Å². The predicted octanol–water partition coefficient (Wildman–Crippen LogP) is 4.00. The van der Waals surface area contributed by atoms with E-state index >= 15 is 0 Å². The van der Waals surface area contributed by atoms with Crippen LogP contribution in [0.3, 0.4) is 0 Å². The second-order valence-corrected chi connectivity index (χ2v) is 6.22. The maximum atomic E-state index is 9.30. The number of benzene rings is 2. The molecule has 0 aromatic heterocycles. The zero-order valence-corrected chi connectivity index (χ0v) is 14.5. The standard InChI is InChI=1S/C19H24N2OS/c1-15(2)17-8-10-18(11-9-17)20-19(23)21(12-13-22)14-16-6-4-3-5-7-16/h3-11,15,22H,12-14H2,1-2H3,(H,20,23). The van der Waals surface area contributed by atoms with Crippen LogP contribution in [-0.2, 0) is 6.54 Å². The van der Waals surface area contributed by atoms with E-state index in [9.17, 15) is 5.11 Å². The SMILES string of the molecule is CC(C)c1ccc(NC(=S)N(CCO)Cc2ccccc2)cc1. The Morgan fingerprint density at radius 1 is 1.09 bits per heavy atom. The smallest absolute Gasteiger partial charge is 0.173 e. The first-order valence-electron chi connectivity index (χ1n) is 7.91. The minimum Gasteiger partial charge on any atom is -0.395 e. The van der Waals surface area contributed by atoms with Crippen molar-refractivity contribution in [1.29, 1.82) is 0 Å². The third kappa shape index (κ3) is 5.34. The minimum absolute atomic E-state index is 0.0704. The van der Waals surface area contributed by atoms with E-state index in [-0.39, 0.29) is 6.61 Å². The van der Waals surface area contributed by atoms with Crippen LogP contribution in [0.25, 0.3) is 0 Å². The van der Waals surface area contributed by atoms with Gasteiger partial charge in [0.2, 0.25) is 0 Å². The highest BCUT2D eigenvalue weighted by Crippen LogP contribution is 2.17. The molecule has 0 aliphatic rings. The summed E-state index contributed by atoms with van der Waals surface area (Å²) in [6.45, 7) is 5.61. The van der Waals surface area contributed by atoms with Crippen molar-refractivity contribution in [1.82, 2.24) is 4.90 Å². The highest BCUT2D eigenvalue weighted by Gasteiger charge is 2.10. The molecule has 0 bridgehead atoms. The average molecular weight is 328 g/mol. The summed E-state index contributed by atoms with van der Waals surface area (Å²) in [6, 6.07) is 18.4.